The molecule has 2 aromatic rings. The molecule has 0 spiro atoms. The summed E-state index contributed by atoms with van der Waals surface area (Å²) in [5.41, 5.74) is -0.0215. The van der Waals surface area contributed by atoms with Crippen molar-refractivity contribution >= 4 is 6.09 Å². The summed E-state index contributed by atoms with van der Waals surface area (Å²) in [6.45, 7) is 5.93. The third-order valence-corrected chi connectivity index (χ3v) is 3.87. The molecule has 1 aromatic carbocycles. The van der Waals surface area contributed by atoms with E-state index in [9.17, 15) is 14.4 Å². The van der Waals surface area contributed by atoms with E-state index in [1.807, 2.05) is 0 Å². The number of H-pyrrole nitrogens is 1. The molecule has 1 amide bonds. The number of ether oxygens (including phenoxy) is 2. The van der Waals surface area contributed by atoms with Gasteiger partial charge in [-0.15, -0.1) is 0 Å². The summed E-state index contributed by atoms with van der Waals surface area (Å²) in [4.78, 5) is 38.9. The van der Waals surface area contributed by atoms with Crippen molar-refractivity contribution in [1.29, 1.82) is 0 Å². The molecule has 0 saturated heterocycles. The number of aryl methyl sites for hydroxylation is 1. The highest BCUT2D eigenvalue weighted by Crippen LogP contribution is 2.11. The molecule has 152 valence electrons. The molecule has 8 nitrogen and oxygen atoms in total. The lowest BCUT2D eigenvalue weighted by Crippen LogP contribution is -2.36. The van der Waals surface area contributed by atoms with Crippen LogP contribution < -0.4 is 21.3 Å². The molecule has 0 radical (unpaired) electrons. The summed E-state index contributed by atoms with van der Waals surface area (Å²) >= 11 is 0. The Kier molecular flexibility index (Phi) is 7.03. The second-order valence-corrected chi connectivity index (χ2v) is 7.40. The standard InChI is InChI=1S/C20H27N3O5/c1-20(2,3)28-19(26)21-11-5-6-15-12-17(24)23(18(25)22-15)13-14-7-9-16(27-4)10-8-14/h7-10,12H,5-6,11,13H2,1-4H3,(H,21,26)(H,22,25). The molecule has 0 atom stereocenters. The Hall–Kier alpha value is -3.03. The number of carbonyl (C=O) groups excluding carboxylic acids is 1. The predicted octanol–water partition coefficient (Wildman–Crippen LogP) is 2.05. The van der Waals surface area contributed by atoms with Crippen LogP contribution in [0.3, 0.4) is 0 Å². The third-order valence-electron chi connectivity index (χ3n) is 3.87. The number of methoxy groups -OCH3 is 1. The number of amides is 1. The Morgan fingerprint density at radius 3 is 2.43 bits per heavy atom. The fourth-order valence-electron chi connectivity index (χ4n) is 2.55. The third kappa shape index (κ3) is 6.61. The Bertz CT molecular complexity index is 876. The van der Waals surface area contributed by atoms with Gasteiger partial charge in [-0.1, -0.05) is 12.1 Å². The lowest BCUT2D eigenvalue weighted by atomic mass is 10.2. The van der Waals surface area contributed by atoms with Crippen LogP contribution in [0.15, 0.2) is 39.9 Å². The van der Waals surface area contributed by atoms with Gasteiger partial charge in [0.1, 0.15) is 11.4 Å². The fourth-order valence-corrected chi connectivity index (χ4v) is 2.55. The lowest BCUT2D eigenvalue weighted by molar-refractivity contribution is 0.0527. The minimum absolute atomic E-state index is 0.179. The average Bonchev–Trinajstić information content (AvgIpc) is 2.61. The van der Waals surface area contributed by atoms with Crippen molar-refractivity contribution in [3.63, 3.8) is 0 Å². The smallest absolute Gasteiger partial charge is 0.407 e. The van der Waals surface area contributed by atoms with Crippen LogP contribution >= 0.6 is 0 Å². The maximum absolute atomic E-state index is 12.3. The molecule has 1 heterocycles. The second-order valence-electron chi connectivity index (χ2n) is 7.40. The first-order valence-corrected chi connectivity index (χ1v) is 9.11. The number of benzene rings is 1. The molecule has 0 bridgehead atoms. The zero-order valence-electron chi connectivity index (χ0n) is 16.7. The van der Waals surface area contributed by atoms with E-state index in [0.717, 1.165) is 10.1 Å². The van der Waals surface area contributed by atoms with Crippen LogP contribution in [0.5, 0.6) is 5.75 Å². The Morgan fingerprint density at radius 2 is 1.86 bits per heavy atom. The molecule has 0 aliphatic heterocycles. The number of nitrogens with zero attached hydrogens (tertiary/aromatic N) is 1. The summed E-state index contributed by atoms with van der Waals surface area (Å²) in [6.07, 6.45) is 0.539. The van der Waals surface area contributed by atoms with Crippen molar-refractivity contribution in [1.82, 2.24) is 14.9 Å². The van der Waals surface area contributed by atoms with Gasteiger partial charge in [-0.05, 0) is 51.3 Å². The van der Waals surface area contributed by atoms with E-state index in [1.165, 1.54) is 6.07 Å². The van der Waals surface area contributed by atoms with Crippen LogP contribution in [-0.4, -0.2) is 34.9 Å². The van der Waals surface area contributed by atoms with E-state index in [4.69, 9.17) is 9.47 Å². The Balaban J connectivity index is 1.93. The summed E-state index contributed by atoms with van der Waals surface area (Å²) in [5, 5.41) is 2.65. The van der Waals surface area contributed by atoms with Gasteiger partial charge in [0.05, 0.1) is 13.7 Å². The summed E-state index contributed by atoms with van der Waals surface area (Å²) in [6, 6.07) is 8.58. The lowest BCUT2D eigenvalue weighted by Gasteiger charge is -2.19. The van der Waals surface area contributed by atoms with Crippen molar-refractivity contribution in [3.8, 4) is 5.75 Å². The Labute approximate surface area is 163 Å². The first kappa shape index (κ1) is 21.3. The van der Waals surface area contributed by atoms with Crippen LogP contribution in [0.1, 0.15) is 38.4 Å². The molecule has 0 saturated carbocycles. The molecule has 0 aliphatic rings. The van der Waals surface area contributed by atoms with Gasteiger partial charge in [0.2, 0.25) is 0 Å². The molecule has 8 heteroatoms. The van der Waals surface area contributed by atoms with Gasteiger partial charge < -0.3 is 19.8 Å². The van der Waals surface area contributed by atoms with Crippen molar-refractivity contribution in [3.05, 3.63) is 62.4 Å². The number of aromatic nitrogens is 2. The first-order valence-electron chi connectivity index (χ1n) is 9.11. The predicted molar refractivity (Wildman–Crippen MR) is 106 cm³/mol. The highest BCUT2D eigenvalue weighted by Gasteiger charge is 2.15. The van der Waals surface area contributed by atoms with E-state index in [-0.39, 0.29) is 12.1 Å². The number of hydrogen-bond acceptors (Lipinski definition) is 5. The number of hydrogen-bond donors (Lipinski definition) is 2. The zero-order chi connectivity index (χ0) is 20.7. The topological polar surface area (TPSA) is 102 Å². The number of rotatable bonds is 7. The first-order chi connectivity index (χ1) is 13.2. The van der Waals surface area contributed by atoms with Gasteiger partial charge in [-0.2, -0.15) is 0 Å². The van der Waals surface area contributed by atoms with Gasteiger partial charge in [0.15, 0.2) is 0 Å². The maximum atomic E-state index is 12.3. The largest absolute Gasteiger partial charge is 0.497 e. The number of aromatic amines is 1. The van der Waals surface area contributed by atoms with Crippen molar-refractivity contribution in [2.45, 2.75) is 45.8 Å². The number of nitrogens with one attached hydrogen (secondary N) is 2. The van der Waals surface area contributed by atoms with Crippen LogP contribution in [0.25, 0.3) is 0 Å². The van der Waals surface area contributed by atoms with Gasteiger partial charge in [0, 0.05) is 18.3 Å². The molecule has 0 fully saturated rings. The molecule has 2 rings (SSSR count). The normalized spacial score (nSPS) is 11.1. The monoisotopic (exact) mass is 389 g/mol. The highest BCUT2D eigenvalue weighted by molar-refractivity contribution is 5.67. The fraction of sp³-hybridized carbons (Fsp3) is 0.450. The van der Waals surface area contributed by atoms with E-state index >= 15 is 0 Å². The highest BCUT2D eigenvalue weighted by atomic mass is 16.6. The second kappa shape index (κ2) is 9.25. The minimum atomic E-state index is -0.552. The van der Waals surface area contributed by atoms with Gasteiger partial charge in [-0.3, -0.25) is 9.36 Å². The van der Waals surface area contributed by atoms with E-state index in [2.05, 4.69) is 10.3 Å². The minimum Gasteiger partial charge on any atom is -0.497 e. The molecule has 2 N–H and O–H groups in total. The zero-order valence-corrected chi connectivity index (χ0v) is 16.7. The summed E-state index contributed by atoms with van der Waals surface area (Å²) in [7, 11) is 1.58. The Morgan fingerprint density at radius 1 is 1.18 bits per heavy atom. The van der Waals surface area contributed by atoms with E-state index < -0.39 is 17.4 Å². The van der Waals surface area contributed by atoms with Crippen LogP contribution in [0.2, 0.25) is 0 Å². The molecular weight excluding hydrogens is 362 g/mol. The van der Waals surface area contributed by atoms with Crippen LogP contribution in [-0.2, 0) is 17.7 Å². The van der Waals surface area contributed by atoms with Crippen LogP contribution in [0, 0.1) is 0 Å². The summed E-state index contributed by atoms with van der Waals surface area (Å²) < 4.78 is 11.4. The quantitative estimate of drug-likeness (QED) is 0.706. The molecule has 0 unspecified atom stereocenters. The van der Waals surface area contributed by atoms with E-state index in [0.29, 0.717) is 30.8 Å². The maximum Gasteiger partial charge on any atom is 0.407 e. The van der Waals surface area contributed by atoms with Gasteiger partial charge in [0.25, 0.3) is 5.56 Å². The molecule has 0 aliphatic carbocycles. The average molecular weight is 389 g/mol. The van der Waals surface area contributed by atoms with Crippen LogP contribution in [0.4, 0.5) is 4.79 Å². The van der Waals surface area contributed by atoms with E-state index in [1.54, 1.807) is 52.1 Å². The molecular formula is C20H27N3O5. The summed E-state index contributed by atoms with van der Waals surface area (Å²) in [5.74, 6) is 0.709. The number of alkyl carbamates (subject to hydrolysis) is 1. The SMILES string of the molecule is COc1ccc(Cn2c(=O)cc(CCCNC(=O)OC(C)(C)C)[nH]c2=O)cc1. The molecule has 28 heavy (non-hydrogen) atoms. The van der Waals surface area contributed by atoms with Crippen molar-refractivity contribution in [2.75, 3.05) is 13.7 Å². The van der Waals surface area contributed by atoms with Crippen molar-refractivity contribution in [2.24, 2.45) is 0 Å². The van der Waals surface area contributed by atoms with Gasteiger partial charge >= 0.3 is 11.8 Å². The van der Waals surface area contributed by atoms with Gasteiger partial charge in [-0.25, -0.2) is 9.59 Å². The molecule has 1 aromatic heterocycles. The number of carbonyl (C=O) groups is 1. The van der Waals surface area contributed by atoms with Crippen molar-refractivity contribution < 1.29 is 14.3 Å².